The maximum Gasteiger partial charge on any atom is 0.435 e. The number of non-ortho nitro benzene ring substituents is 1. The maximum absolute atomic E-state index is 11.9. The predicted octanol–water partition coefficient (Wildman–Crippen LogP) is 3.24. The summed E-state index contributed by atoms with van der Waals surface area (Å²) in [6.45, 7) is 5.28. The number of rotatable bonds is 2. The molecule has 110 valence electrons. The third kappa shape index (κ3) is 3.65. The van der Waals surface area contributed by atoms with Gasteiger partial charge in [0.25, 0.3) is 5.69 Å². The lowest BCUT2D eigenvalue weighted by Crippen LogP contribution is -2.27. The summed E-state index contributed by atoms with van der Waals surface area (Å²) in [5.74, 6) is 0. The number of aromatic nitrogens is 2. The highest BCUT2D eigenvalue weighted by Gasteiger charge is 2.19. The first-order valence-electron chi connectivity index (χ1n) is 6.29. The molecule has 2 rings (SSSR count). The predicted molar refractivity (Wildman–Crippen MR) is 75.9 cm³/mol. The number of nitro groups is 1. The van der Waals surface area contributed by atoms with Gasteiger partial charge in [-0.15, -0.1) is 0 Å². The standard InChI is InChI=1S/C14H15N3O4/c1-14(2,3)21-13(18)16-9-11(8-15-16)10-5-4-6-12(7-10)17(19)20/h4-9H,1-3H3. The molecule has 21 heavy (non-hydrogen) atoms. The van der Waals surface area contributed by atoms with Crippen LogP contribution in [0.1, 0.15) is 20.8 Å². The molecule has 0 aliphatic rings. The Labute approximate surface area is 121 Å². The van der Waals surface area contributed by atoms with E-state index in [4.69, 9.17) is 4.74 Å². The van der Waals surface area contributed by atoms with Crippen molar-refractivity contribution in [2.75, 3.05) is 0 Å². The van der Waals surface area contributed by atoms with Crippen LogP contribution >= 0.6 is 0 Å². The number of ether oxygens (including phenoxy) is 1. The monoisotopic (exact) mass is 289 g/mol. The van der Waals surface area contributed by atoms with E-state index in [1.807, 2.05) is 0 Å². The molecule has 0 fully saturated rings. The zero-order valence-corrected chi connectivity index (χ0v) is 11.9. The number of nitrogens with zero attached hydrogens (tertiary/aromatic N) is 3. The minimum absolute atomic E-state index is 0.0162. The number of carbonyl (C=O) groups excluding carboxylic acids is 1. The molecule has 0 atom stereocenters. The van der Waals surface area contributed by atoms with Crippen LogP contribution in [-0.4, -0.2) is 26.4 Å². The summed E-state index contributed by atoms with van der Waals surface area (Å²) in [4.78, 5) is 22.1. The Balaban J connectivity index is 2.26. The van der Waals surface area contributed by atoms with Crippen LogP contribution in [0, 0.1) is 10.1 Å². The molecule has 0 spiro atoms. The number of nitro benzene ring substituents is 1. The molecule has 0 aliphatic heterocycles. The lowest BCUT2D eigenvalue weighted by Gasteiger charge is -2.18. The lowest BCUT2D eigenvalue weighted by molar-refractivity contribution is -0.384. The van der Waals surface area contributed by atoms with Gasteiger partial charge in [-0.1, -0.05) is 12.1 Å². The Kier molecular flexibility index (Phi) is 3.75. The summed E-state index contributed by atoms with van der Waals surface area (Å²) >= 11 is 0. The molecule has 0 bridgehead atoms. The normalized spacial score (nSPS) is 11.2. The number of hydrogen-bond acceptors (Lipinski definition) is 5. The fourth-order valence-corrected chi connectivity index (χ4v) is 1.68. The fourth-order valence-electron chi connectivity index (χ4n) is 1.68. The first-order chi connectivity index (χ1) is 9.76. The van der Waals surface area contributed by atoms with E-state index in [1.165, 1.54) is 24.5 Å². The summed E-state index contributed by atoms with van der Waals surface area (Å²) in [5.41, 5.74) is 0.579. The van der Waals surface area contributed by atoms with Crippen LogP contribution in [0.5, 0.6) is 0 Å². The molecule has 0 saturated carbocycles. The van der Waals surface area contributed by atoms with Crippen LogP contribution in [0.3, 0.4) is 0 Å². The first kappa shape index (κ1) is 14.7. The van der Waals surface area contributed by atoms with Gasteiger partial charge in [-0.2, -0.15) is 9.78 Å². The molecule has 0 N–H and O–H groups in total. The third-order valence-electron chi connectivity index (χ3n) is 2.55. The zero-order chi connectivity index (χ0) is 15.6. The Morgan fingerprint density at radius 2 is 2.05 bits per heavy atom. The van der Waals surface area contributed by atoms with Crippen molar-refractivity contribution in [2.24, 2.45) is 0 Å². The summed E-state index contributed by atoms with van der Waals surface area (Å²) in [6.07, 6.45) is 2.34. The van der Waals surface area contributed by atoms with Gasteiger partial charge in [-0.05, 0) is 26.3 Å². The van der Waals surface area contributed by atoms with Gasteiger partial charge in [0.2, 0.25) is 0 Å². The van der Waals surface area contributed by atoms with Gasteiger partial charge in [0.15, 0.2) is 0 Å². The van der Waals surface area contributed by atoms with Gasteiger partial charge in [-0.25, -0.2) is 4.79 Å². The molecule has 0 unspecified atom stereocenters. The highest BCUT2D eigenvalue weighted by Crippen LogP contribution is 2.23. The molecule has 1 aromatic carbocycles. The molecule has 0 aliphatic carbocycles. The Morgan fingerprint density at radius 1 is 1.33 bits per heavy atom. The van der Waals surface area contributed by atoms with E-state index in [2.05, 4.69) is 5.10 Å². The second-order valence-corrected chi connectivity index (χ2v) is 5.46. The van der Waals surface area contributed by atoms with E-state index in [0.717, 1.165) is 4.68 Å². The van der Waals surface area contributed by atoms with Crippen LogP contribution in [0.15, 0.2) is 36.7 Å². The lowest BCUT2D eigenvalue weighted by atomic mass is 10.1. The van der Waals surface area contributed by atoms with Gasteiger partial charge in [0, 0.05) is 23.9 Å². The highest BCUT2D eigenvalue weighted by molar-refractivity contribution is 5.73. The number of hydrogen-bond donors (Lipinski definition) is 0. The van der Waals surface area contributed by atoms with Crippen molar-refractivity contribution in [3.05, 3.63) is 46.8 Å². The second kappa shape index (κ2) is 5.35. The highest BCUT2D eigenvalue weighted by atomic mass is 16.6. The molecule has 0 saturated heterocycles. The van der Waals surface area contributed by atoms with Crippen molar-refractivity contribution in [1.82, 2.24) is 9.78 Å². The molecule has 0 amide bonds. The molecule has 7 heteroatoms. The minimum Gasteiger partial charge on any atom is -0.442 e. The molecule has 0 radical (unpaired) electrons. The average Bonchev–Trinajstić information content (AvgIpc) is 2.86. The van der Waals surface area contributed by atoms with Gasteiger partial charge < -0.3 is 4.74 Å². The minimum atomic E-state index is -0.616. The van der Waals surface area contributed by atoms with Crippen molar-refractivity contribution < 1.29 is 14.5 Å². The second-order valence-electron chi connectivity index (χ2n) is 5.46. The molecule has 7 nitrogen and oxygen atoms in total. The number of carbonyl (C=O) groups is 1. The molecular weight excluding hydrogens is 274 g/mol. The van der Waals surface area contributed by atoms with Crippen LogP contribution in [0.4, 0.5) is 10.5 Å². The summed E-state index contributed by atoms with van der Waals surface area (Å²) in [7, 11) is 0. The van der Waals surface area contributed by atoms with Gasteiger partial charge in [0.1, 0.15) is 5.60 Å². The summed E-state index contributed by atoms with van der Waals surface area (Å²) in [6, 6.07) is 6.12. The van der Waals surface area contributed by atoms with E-state index >= 15 is 0 Å². The van der Waals surface area contributed by atoms with Gasteiger partial charge >= 0.3 is 6.09 Å². The Morgan fingerprint density at radius 3 is 2.67 bits per heavy atom. The van der Waals surface area contributed by atoms with Gasteiger partial charge in [-0.3, -0.25) is 10.1 Å². The molecule has 2 aromatic rings. The van der Waals surface area contributed by atoms with Crippen molar-refractivity contribution >= 4 is 11.8 Å². The molecule has 1 heterocycles. The third-order valence-corrected chi connectivity index (χ3v) is 2.55. The Bertz CT molecular complexity index is 686. The first-order valence-corrected chi connectivity index (χ1v) is 6.29. The van der Waals surface area contributed by atoms with E-state index < -0.39 is 16.6 Å². The zero-order valence-electron chi connectivity index (χ0n) is 11.9. The van der Waals surface area contributed by atoms with E-state index in [-0.39, 0.29) is 5.69 Å². The van der Waals surface area contributed by atoms with E-state index in [0.29, 0.717) is 11.1 Å². The Hall–Kier alpha value is -2.70. The van der Waals surface area contributed by atoms with Crippen molar-refractivity contribution in [3.63, 3.8) is 0 Å². The molecular formula is C14H15N3O4. The van der Waals surface area contributed by atoms with Crippen molar-refractivity contribution in [1.29, 1.82) is 0 Å². The van der Waals surface area contributed by atoms with E-state index in [9.17, 15) is 14.9 Å². The van der Waals surface area contributed by atoms with Crippen molar-refractivity contribution in [3.8, 4) is 11.1 Å². The fraction of sp³-hybridized carbons (Fsp3) is 0.286. The summed E-state index contributed by atoms with van der Waals surface area (Å²) < 4.78 is 6.26. The van der Waals surface area contributed by atoms with Crippen LogP contribution in [0.25, 0.3) is 11.1 Å². The molecule has 1 aromatic heterocycles. The van der Waals surface area contributed by atoms with Crippen LogP contribution in [0.2, 0.25) is 0 Å². The quantitative estimate of drug-likeness (QED) is 0.625. The SMILES string of the molecule is CC(C)(C)OC(=O)n1cc(-c2cccc([N+](=O)[O-])c2)cn1. The van der Waals surface area contributed by atoms with Crippen LogP contribution < -0.4 is 0 Å². The number of benzene rings is 1. The van der Waals surface area contributed by atoms with Gasteiger partial charge in [0.05, 0.1) is 11.1 Å². The largest absolute Gasteiger partial charge is 0.442 e. The topological polar surface area (TPSA) is 87.3 Å². The maximum atomic E-state index is 11.9. The van der Waals surface area contributed by atoms with Crippen LogP contribution in [-0.2, 0) is 4.74 Å². The van der Waals surface area contributed by atoms with Crippen molar-refractivity contribution in [2.45, 2.75) is 26.4 Å². The summed E-state index contributed by atoms with van der Waals surface area (Å²) in [5, 5.41) is 14.7. The van der Waals surface area contributed by atoms with E-state index in [1.54, 1.807) is 32.9 Å². The average molecular weight is 289 g/mol. The smallest absolute Gasteiger partial charge is 0.435 e.